The highest BCUT2D eigenvalue weighted by Gasteiger charge is 2.50. The second-order valence-corrected chi connectivity index (χ2v) is 16.2. The van der Waals surface area contributed by atoms with Crippen molar-refractivity contribution in [3.8, 4) is 11.3 Å². The number of halogens is 3. The summed E-state index contributed by atoms with van der Waals surface area (Å²) in [7, 11) is -5.80. The van der Waals surface area contributed by atoms with Crippen LogP contribution in [-0.2, 0) is 24.6 Å². The number of benzene rings is 2. The summed E-state index contributed by atoms with van der Waals surface area (Å²) in [6.07, 6.45) is 1.55. The average molecular weight is 779 g/mol. The van der Waals surface area contributed by atoms with E-state index in [0.717, 1.165) is 23.5 Å². The number of primary amides is 1. The molecule has 2 aliphatic rings. The predicted molar refractivity (Wildman–Crippen MR) is 187 cm³/mol. The quantitative estimate of drug-likeness (QED) is 0.122. The highest BCUT2D eigenvalue weighted by molar-refractivity contribution is 7.52. The number of carbonyl (C=O) groups is 4. The summed E-state index contributed by atoms with van der Waals surface area (Å²) < 4.78 is 53.9. The van der Waals surface area contributed by atoms with Gasteiger partial charge in [-0.3, -0.25) is 23.7 Å². The zero-order valence-electron chi connectivity index (χ0n) is 27.3. The normalized spacial score (nSPS) is 20.2. The van der Waals surface area contributed by atoms with Crippen molar-refractivity contribution < 1.29 is 46.7 Å². The molecule has 19 heteroatoms. The van der Waals surface area contributed by atoms with Crippen LogP contribution in [0.15, 0.2) is 53.9 Å². The molecule has 0 bridgehead atoms. The first-order chi connectivity index (χ1) is 24.6. The van der Waals surface area contributed by atoms with Crippen molar-refractivity contribution in [2.45, 2.75) is 61.9 Å². The van der Waals surface area contributed by atoms with Crippen molar-refractivity contribution in [2.75, 3.05) is 13.1 Å². The zero-order valence-corrected chi connectivity index (χ0v) is 29.8. The summed E-state index contributed by atoms with van der Waals surface area (Å²) in [5.41, 5.74) is 1.32. The summed E-state index contributed by atoms with van der Waals surface area (Å²) in [5.74, 6) is -2.60. The van der Waals surface area contributed by atoms with Gasteiger partial charge in [0, 0.05) is 40.2 Å². The standard InChI is InChI=1S/C33H34F3N6O7PS2/c34-20-4-1-17(2-5-20)24-16-51-31(41-24)22(7-10-28(37)43)39-29(44)25-8-6-21-11-12-38-15-23(32(46)42(21)25)40-30(45)27-14-18-13-19(3-9-26(18)52-27)33(35,36)50(47,48)49/h1-5,9,13-14,16,21-23,25,38H,6-8,10-12,15H2,(H2,37,43)(H,39,44)(H,40,45)(H2,47,48,49)/t21-,22?,23+,25+/m1/s1. The van der Waals surface area contributed by atoms with E-state index in [4.69, 9.17) is 15.5 Å². The van der Waals surface area contributed by atoms with E-state index >= 15 is 0 Å². The van der Waals surface area contributed by atoms with Gasteiger partial charge in [0.15, 0.2) is 0 Å². The molecule has 2 saturated heterocycles. The Morgan fingerprint density at radius 2 is 1.87 bits per heavy atom. The minimum absolute atomic E-state index is 0.0444. The van der Waals surface area contributed by atoms with E-state index in [1.165, 1.54) is 40.5 Å². The maximum absolute atomic E-state index is 14.3. The monoisotopic (exact) mass is 778 g/mol. The Kier molecular flexibility index (Phi) is 10.9. The summed E-state index contributed by atoms with van der Waals surface area (Å²) >= 11 is 2.21. The van der Waals surface area contributed by atoms with Crippen LogP contribution < -0.4 is 21.7 Å². The number of alkyl halides is 2. The first-order valence-electron chi connectivity index (χ1n) is 16.2. The van der Waals surface area contributed by atoms with Crippen LogP contribution in [0.5, 0.6) is 0 Å². The molecule has 13 nitrogen and oxygen atoms in total. The third kappa shape index (κ3) is 7.91. The molecular formula is C33H34F3N6O7PS2. The van der Waals surface area contributed by atoms with E-state index < -0.39 is 66.4 Å². The van der Waals surface area contributed by atoms with Gasteiger partial charge in [-0.15, -0.1) is 22.7 Å². The molecule has 7 N–H and O–H groups in total. The molecule has 1 unspecified atom stereocenters. The summed E-state index contributed by atoms with van der Waals surface area (Å²) in [5, 5.41) is 11.2. The number of nitrogens with two attached hydrogens (primary N) is 1. The van der Waals surface area contributed by atoms with Gasteiger partial charge in [-0.2, -0.15) is 8.78 Å². The van der Waals surface area contributed by atoms with E-state index in [1.807, 2.05) is 0 Å². The van der Waals surface area contributed by atoms with Crippen LogP contribution in [0.3, 0.4) is 0 Å². The number of amides is 4. The number of fused-ring (bicyclic) bond motifs is 2. The van der Waals surface area contributed by atoms with Crippen molar-refractivity contribution in [2.24, 2.45) is 5.73 Å². The third-order valence-corrected chi connectivity index (χ3v) is 12.1. The van der Waals surface area contributed by atoms with Gasteiger partial charge in [0.25, 0.3) is 5.91 Å². The fourth-order valence-corrected chi connectivity index (χ4v) is 8.74. The van der Waals surface area contributed by atoms with Crippen molar-refractivity contribution in [3.05, 3.63) is 75.2 Å². The van der Waals surface area contributed by atoms with Gasteiger partial charge in [0.1, 0.15) is 22.9 Å². The van der Waals surface area contributed by atoms with Crippen molar-refractivity contribution in [1.82, 2.24) is 25.8 Å². The Hall–Kier alpha value is -4.19. The van der Waals surface area contributed by atoms with E-state index in [0.29, 0.717) is 46.8 Å². The molecule has 2 aromatic heterocycles. The zero-order chi connectivity index (χ0) is 37.4. The lowest BCUT2D eigenvalue weighted by Gasteiger charge is -2.35. The summed E-state index contributed by atoms with van der Waals surface area (Å²) in [6.45, 7) is 0.555. The molecule has 4 heterocycles. The number of hydrogen-bond acceptors (Lipinski definition) is 9. The van der Waals surface area contributed by atoms with E-state index in [1.54, 1.807) is 17.5 Å². The number of aromatic nitrogens is 1. The molecule has 4 atom stereocenters. The van der Waals surface area contributed by atoms with Gasteiger partial charge >= 0.3 is 13.3 Å². The number of rotatable bonds is 11. The number of thiazole rings is 1. The molecular weight excluding hydrogens is 744 g/mol. The minimum Gasteiger partial charge on any atom is -0.370 e. The molecule has 2 fully saturated rings. The molecule has 0 saturated carbocycles. The molecule has 0 radical (unpaired) electrons. The van der Waals surface area contributed by atoms with Crippen LogP contribution in [0.2, 0.25) is 0 Å². The Bertz CT molecular complexity index is 2060. The Morgan fingerprint density at radius 3 is 2.58 bits per heavy atom. The Morgan fingerprint density at radius 1 is 1.12 bits per heavy atom. The summed E-state index contributed by atoms with van der Waals surface area (Å²) in [4.78, 5) is 77.6. The highest BCUT2D eigenvalue weighted by Crippen LogP contribution is 2.59. The molecule has 0 spiro atoms. The van der Waals surface area contributed by atoms with Crippen LogP contribution in [0, 0.1) is 5.82 Å². The van der Waals surface area contributed by atoms with Crippen LogP contribution in [0.25, 0.3) is 21.3 Å². The first kappa shape index (κ1) is 37.6. The number of carbonyl (C=O) groups excluding carboxylic acids is 4. The highest BCUT2D eigenvalue weighted by atomic mass is 32.1. The fraction of sp³-hybridized carbons (Fsp3) is 0.364. The van der Waals surface area contributed by atoms with E-state index in [-0.39, 0.29) is 35.7 Å². The number of thiophene rings is 1. The van der Waals surface area contributed by atoms with Crippen LogP contribution in [0.4, 0.5) is 13.2 Å². The number of nitrogens with zero attached hydrogens (tertiary/aromatic N) is 2. The molecule has 52 heavy (non-hydrogen) atoms. The topological polar surface area (TPSA) is 204 Å². The second kappa shape index (κ2) is 15.0. The minimum atomic E-state index is -5.80. The average Bonchev–Trinajstić information content (AvgIpc) is 3.85. The van der Waals surface area contributed by atoms with Crippen LogP contribution in [-0.4, -0.2) is 74.5 Å². The largest absolute Gasteiger partial charge is 0.399 e. The van der Waals surface area contributed by atoms with Gasteiger partial charge in [0.2, 0.25) is 17.7 Å². The van der Waals surface area contributed by atoms with Crippen molar-refractivity contribution in [3.63, 3.8) is 0 Å². The maximum atomic E-state index is 14.3. The van der Waals surface area contributed by atoms with E-state index in [2.05, 4.69) is 20.9 Å². The molecule has 276 valence electrons. The van der Waals surface area contributed by atoms with Gasteiger partial charge in [-0.1, -0.05) is 6.07 Å². The van der Waals surface area contributed by atoms with Gasteiger partial charge < -0.3 is 36.4 Å². The van der Waals surface area contributed by atoms with Crippen molar-refractivity contribution in [1.29, 1.82) is 0 Å². The molecule has 4 aromatic rings. The van der Waals surface area contributed by atoms with Crippen molar-refractivity contribution >= 4 is 64.0 Å². The molecule has 4 amide bonds. The fourth-order valence-electron chi connectivity index (χ4n) is 6.41. The number of hydrogen-bond donors (Lipinski definition) is 6. The van der Waals surface area contributed by atoms with Crippen LogP contribution >= 0.6 is 30.3 Å². The first-order valence-corrected chi connectivity index (χ1v) is 19.5. The molecule has 0 aliphatic carbocycles. The van der Waals surface area contributed by atoms with Gasteiger partial charge in [-0.25, -0.2) is 9.37 Å². The Balaban J connectivity index is 1.19. The maximum Gasteiger partial charge on any atom is 0.399 e. The van der Waals surface area contributed by atoms with E-state index in [9.17, 15) is 36.9 Å². The van der Waals surface area contributed by atoms with Gasteiger partial charge in [-0.05, 0) is 80.1 Å². The molecule has 2 aromatic carbocycles. The third-order valence-electron chi connectivity index (χ3n) is 9.08. The lowest BCUT2D eigenvalue weighted by Crippen LogP contribution is -2.60. The van der Waals surface area contributed by atoms with Crippen LogP contribution in [0.1, 0.15) is 58.4 Å². The predicted octanol–water partition coefficient (Wildman–Crippen LogP) is 3.97. The lowest BCUT2D eigenvalue weighted by atomic mass is 10.1. The Labute approximate surface area is 302 Å². The molecule has 2 aliphatic heterocycles. The summed E-state index contributed by atoms with van der Waals surface area (Å²) in [6, 6.07) is 7.12. The smallest absolute Gasteiger partial charge is 0.370 e. The lowest BCUT2D eigenvalue weighted by molar-refractivity contribution is -0.142. The van der Waals surface area contributed by atoms with Gasteiger partial charge in [0.05, 0.1) is 16.6 Å². The molecule has 6 rings (SSSR count). The SMILES string of the molecule is NC(=O)CCC(NC(=O)[C@@H]1CC[C@@H]2CCNC[C@H](NC(=O)c3cc4cc(C(F)(F)P(=O)(O)O)ccc4s3)C(=O)N21)c1nc(-c2ccc(F)cc2)cs1. The second-order valence-electron chi connectivity index (χ2n) is 12.6. The number of nitrogens with one attached hydrogen (secondary N) is 3.